The maximum Gasteiger partial charge on any atom is 0.243 e. The van der Waals surface area contributed by atoms with Gasteiger partial charge in [-0.15, -0.1) is 0 Å². The van der Waals surface area contributed by atoms with Crippen LogP contribution in [0.4, 0.5) is 10.1 Å². The Balaban J connectivity index is 1.90. The minimum Gasteiger partial charge on any atom is -0.352 e. The molecular weight excluding hydrogens is 565 g/mol. The van der Waals surface area contributed by atoms with Crippen LogP contribution in [0.2, 0.25) is 5.02 Å². The van der Waals surface area contributed by atoms with E-state index in [1.54, 1.807) is 42.5 Å². The number of sulfonamides is 1. The summed E-state index contributed by atoms with van der Waals surface area (Å²) in [5.41, 5.74) is 1.53. The van der Waals surface area contributed by atoms with Crippen molar-refractivity contribution in [2.75, 3.05) is 17.1 Å². The van der Waals surface area contributed by atoms with Crippen molar-refractivity contribution in [3.05, 3.63) is 101 Å². The van der Waals surface area contributed by atoms with E-state index in [0.717, 1.165) is 11.8 Å². The molecule has 0 saturated carbocycles. The summed E-state index contributed by atoms with van der Waals surface area (Å²) in [6.07, 6.45) is 2.16. The first-order chi connectivity index (χ1) is 19.5. The number of rotatable bonds is 14. The predicted molar refractivity (Wildman–Crippen MR) is 162 cm³/mol. The van der Waals surface area contributed by atoms with E-state index in [1.807, 2.05) is 44.2 Å². The molecule has 3 aromatic rings. The van der Waals surface area contributed by atoms with E-state index in [-0.39, 0.29) is 55.8 Å². The molecule has 0 unspecified atom stereocenters. The van der Waals surface area contributed by atoms with Gasteiger partial charge in [0, 0.05) is 42.6 Å². The lowest BCUT2D eigenvalue weighted by atomic mass is 10.0. The molecule has 7 nitrogen and oxygen atoms in total. The molecule has 3 rings (SSSR count). The number of anilines is 1. The molecule has 0 fully saturated rings. The zero-order valence-corrected chi connectivity index (χ0v) is 25.2. The number of carbonyl (C=O) groups excluding carboxylic acids is 2. The van der Waals surface area contributed by atoms with Gasteiger partial charge in [-0.1, -0.05) is 73.1 Å². The fourth-order valence-corrected chi connectivity index (χ4v) is 5.58. The van der Waals surface area contributed by atoms with E-state index in [4.69, 9.17) is 11.6 Å². The van der Waals surface area contributed by atoms with Crippen LogP contribution in [-0.2, 0) is 32.6 Å². The van der Waals surface area contributed by atoms with Gasteiger partial charge in [0.2, 0.25) is 21.8 Å². The summed E-state index contributed by atoms with van der Waals surface area (Å²) in [4.78, 5) is 28.8. The second-order valence-corrected chi connectivity index (χ2v) is 12.4. The lowest BCUT2D eigenvalue weighted by molar-refractivity contribution is -0.141. The molecule has 1 N–H and O–H groups in total. The average Bonchev–Trinajstić information content (AvgIpc) is 2.93. The van der Waals surface area contributed by atoms with Crippen LogP contribution < -0.4 is 9.62 Å². The van der Waals surface area contributed by atoms with Crippen LogP contribution >= 0.6 is 11.6 Å². The molecule has 2 amide bonds. The molecule has 0 bridgehead atoms. The van der Waals surface area contributed by atoms with Crippen molar-refractivity contribution in [1.82, 2.24) is 10.2 Å². The molecular formula is C31H37ClFN3O4S. The van der Waals surface area contributed by atoms with E-state index in [9.17, 15) is 22.4 Å². The first-order valence-electron chi connectivity index (χ1n) is 13.6. The van der Waals surface area contributed by atoms with Gasteiger partial charge in [-0.25, -0.2) is 12.8 Å². The second kappa shape index (κ2) is 15.0. The van der Waals surface area contributed by atoms with Crippen LogP contribution in [0, 0.1) is 5.82 Å². The standard InChI is InChI=1S/C31H37ClFN3O4S/c1-4-23(2)34-31(38)29(20-24-12-6-5-7-13-24)35(22-25-14-8-9-17-28(25)33)30(37)18-11-19-36(41(3,39)40)27-16-10-15-26(32)21-27/h5-10,12-17,21,23,29H,4,11,18-20,22H2,1-3H3,(H,34,38)/t23-,29+/m0/s1. The third-order valence-electron chi connectivity index (χ3n) is 6.82. The molecule has 0 heterocycles. The lowest BCUT2D eigenvalue weighted by Crippen LogP contribution is -2.52. The smallest absolute Gasteiger partial charge is 0.243 e. The monoisotopic (exact) mass is 601 g/mol. The Labute approximate surface area is 247 Å². The van der Waals surface area contributed by atoms with Gasteiger partial charge < -0.3 is 10.2 Å². The molecule has 0 saturated heterocycles. The van der Waals surface area contributed by atoms with Crippen LogP contribution in [0.5, 0.6) is 0 Å². The SMILES string of the molecule is CC[C@H](C)NC(=O)[C@@H](Cc1ccccc1)N(Cc1ccccc1F)C(=O)CCCN(c1cccc(Cl)c1)S(C)(=O)=O. The summed E-state index contributed by atoms with van der Waals surface area (Å²) in [6.45, 7) is 3.75. The van der Waals surface area contributed by atoms with Crippen molar-refractivity contribution in [2.45, 2.75) is 58.2 Å². The molecule has 41 heavy (non-hydrogen) atoms. The molecule has 0 aliphatic rings. The fourth-order valence-electron chi connectivity index (χ4n) is 4.44. The van der Waals surface area contributed by atoms with Crippen LogP contribution in [0.3, 0.4) is 0 Å². The number of benzene rings is 3. The number of nitrogens with one attached hydrogen (secondary N) is 1. The molecule has 2 atom stereocenters. The maximum atomic E-state index is 14.8. The molecule has 0 radical (unpaired) electrons. The topological polar surface area (TPSA) is 86.8 Å². The lowest BCUT2D eigenvalue weighted by Gasteiger charge is -2.33. The third kappa shape index (κ3) is 9.57. The number of carbonyl (C=O) groups is 2. The number of nitrogens with zero attached hydrogens (tertiary/aromatic N) is 2. The summed E-state index contributed by atoms with van der Waals surface area (Å²) in [5, 5.41) is 3.37. The Bertz CT molecular complexity index is 1420. The van der Waals surface area contributed by atoms with E-state index < -0.39 is 21.9 Å². The molecule has 0 aliphatic heterocycles. The molecule has 220 valence electrons. The van der Waals surface area contributed by atoms with Crippen molar-refractivity contribution in [1.29, 1.82) is 0 Å². The highest BCUT2D eigenvalue weighted by atomic mass is 35.5. The summed E-state index contributed by atoms with van der Waals surface area (Å²) < 4.78 is 41.1. The van der Waals surface area contributed by atoms with Gasteiger partial charge in [-0.2, -0.15) is 0 Å². The van der Waals surface area contributed by atoms with Crippen LogP contribution in [0.25, 0.3) is 0 Å². The highest BCUT2D eigenvalue weighted by Crippen LogP contribution is 2.23. The van der Waals surface area contributed by atoms with Crippen molar-refractivity contribution >= 4 is 39.1 Å². The first-order valence-corrected chi connectivity index (χ1v) is 15.8. The van der Waals surface area contributed by atoms with Crippen molar-refractivity contribution in [2.24, 2.45) is 0 Å². The van der Waals surface area contributed by atoms with Gasteiger partial charge in [0.25, 0.3) is 0 Å². The Morgan fingerprint density at radius 3 is 2.32 bits per heavy atom. The summed E-state index contributed by atoms with van der Waals surface area (Å²) in [7, 11) is -3.66. The summed E-state index contributed by atoms with van der Waals surface area (Å²) in [6, 6.07) is 21.0. The van der Waals surface area contributed by atoms with Crippen LogP contribution in [0.1, 0.15) is 44.2 Å². The van der Waals surface area contributed by atoms with Gasteiger partial charge in [-0.3, -0.25) is 13.9 Å². The first kappa shape index (κ1) is 32.1. The molecule has 3 aromatic carbocycles. The van der Waals surface area contributed by atoms with E-state index in [0.29, 0.717) is 17.1 Å². The van der Waals surface area contributed by atoms with Gasteiger partial charge in [-0.05, 0) is 49.6 Å². The number of hydrogen-bond donors (Lipinski definition) is 1. The number of amides is 2. The van der Waals surface area contributed by atoms with Crippen LogP contribution in [0.15, 0.2) is 78.9 Å². The number of halogens is 2. The summed E-state index contributed by atoms with van der Waals surface area (Å²) in [5.74, 6) is -1.19. The molecule has 10 heteroatoms. The summed E-state index contributed by atoms with van der Waals surface area (Å²) >= 11 is 6.08. The minimum absolute atomic E-state index is 0.0286. The van der Waals surface area contributed by atoms with Crippen molar-refractivity contribution in [3.63, 3.8) is 0 Å². The zero-order valence-electron chi connectivity index (χ0n) is 23.6. The van der Waals surface area contributed by atoms with Gasteiger partial charge >= 0.3 is 0 Å². The Kier molecular flexibility index (Phi) is 11.7. The minimum atomic E-state index is -3.66. The highest BCUT2D eigenvalue weighted by Gasteiger charge is 2.31. The average molecular weight is 602 g/mol. The Morgan fingerprint density at radius 2 is 1.68 bits per heavy atom. The van der Waals surface area contributed by atoms with E-state index in [2.05, 4.69) is 5.32 Å². The number of hydrogen-bond acceptors (Lipinski definition) is 4. The maximum absolute atomic E-state index is 14.8. The largest absolute Gasteiger partial charge is 0.352 e. The van der Waals surface area contributed by atoms with E-state index in [1.165, 1.54) is 15.3 Å². The predicted octanol–water partition coefficient (Wildman–Crippen LogP) is 5.58. The second-order valence-electron chi connectivity index (χ2n) is 10.1. The highest BCUT2D eigenvalue weighted by molar-refractivity contribution is 7.92. The van der Waals surface area contributed by atoms with Crippen molar-refractivity contribution < 1.29 is 22.4 Å². The zero-order chi connectivity index (χ0) is 30.0. The third-order valence-corrected chi connectivity index (χ3v) is 8.25. The van der Waals surface area contributed by atoms with Crippen molar-refractivity contribution in [3.8, 4) is 0 Å². The van der Waals surface area contributed by atoms with E-state index >= 15 is 0 Å². The fraction of sp³-hybridized carbons (Fsp3) is 0.355. The Hall–Kier alpha value is -3.43. The van der Waals surface area contributed by atoms with Gasteiger partial charge in [0.15, 0.2) is 0 Å². The van der Waals surface area contributed by atoms with Gasteiger partial charge in [0.1, 0.15) is 11.9 Å². The quantitative estimate of drug-likeness (QED) is 0.261. The molecule has 0 aromatic heterocycles. The molecule has 0 spiro atoms. The Morgan fingerprint density at radius 1 is 1.00 bits per heavy atom. The normalized spacial score (nSPS) is 12.8. The molecule has 0 aliphatic carbocycles. The van der Waals surface area contributed by atoms with Gasteiger partial charge in [0.05, 0.1) is 11.9 Å². The van der Waals surface area contributed by atoms with Crippen LogP contribution in [-0.4, -0.2) is 50.0 Å².